The lowest BCUT2D eigenvalue weighted by molar-refractivity contribution is 0.578. The normalized spacial score (nSPS) is 15.9. The van der Waals surface area contributed by atoms with Gasteiger partial charge in [-0.25, -0.2) is 13.4 Å². The van der Waals surface area contributed by atoms with Crippen LogP contribution < -0.4 is 5.32 Å². The maximum absolute atomic E-state index is 11.8. The first kappa shape index (κ1) is 14.5. The Morgan fingerprint density at radius 1 is 1.42 bits per heavy atom. The van der Waals surface area contributed by atoms with Gasteiger partial charge in [-0.2, -0.15) is 0 Å². The topological polar surface area (TPSA) is 64.0 Å². The summed E-state index contributed by atoms with van der Waals surface area (Å²) in [5.41, 5.74) is 1.08. The van der Waals surface area contributed by atoms with Gasteiger partial charge in [0, 0.05) is 31.1 Å². The molecule has 0 atom stereocenters. The number of rotatable bonds is 8. The molecule has 1 aromatic rings. The second-order valence-electron chi connectivity index (χ2n) is 5.26. The summed E-state index contributed by atoms with van der Waals surface area (Å²) in [7, 11) is -2.93. The number of sulfone groups is 1. The molecule has 5 nitrogen and oxygen atoms in total. The highest BCUT2D eigenvalue weighted by Crippen LogP contribution is 2.19. The quantitative estimate of drug-likeness (QED) is 0.781. The number of nitrogens with one attached hydrogen (secondary N) is 1. The summed E-state index contributed by atoms with van der Waals surface area (Å²) >= 11 is 0. The average Bonchev–Trinajstić information content (AvgIpc) is 3.09. The second-order valence-corrected chi connectivity index (χ2v) is 7.56. The lowest BCUT2D eigenvalue weighted by atomic mass is 10.4. The maximum Gasteiger partial charge on any atom is 0.152 e. The van der Waals surface area contributed by atoms with E-state index in [-0.39, 0.29) is 11.5 Å². The summed E-state index contributed by atoms with van der Waals surface area (Å²) in [5, 5.41) is 3.44. The van der Waals surface area contributed by atoms with Crippen LogP contribution in [0.1, 0.15) is 37.7 Å². The number of nitrogens with zero attached hydrogens (tertiary/aromatic N) is 2. The minimum Gasteiger partial charge on any atom is -0.330 e. The summed E-state index contributed by atoms with van der Waals surface area (Å²) in [6.07, 6.45) is 5.02. The van der Waals surface area contributed by atoms with Gasteiger partial charge in [-0.15, -0.1) is 0 Å². The van der Waals surface area contributed by atoms with Gasteiger partial charge in [-0.3, -0.25) is 0 Å². The van der Waals surface area contributed by atoms with Gasteiger partial charge in [-0.05, 0) is 26.2 Å². The van der Waals surface area contributed by atoms with Crippen molar-refractivity contribution in [3.63, 3.8) is 0 Å². The monoisotopic (exact) mass is 285 g/mol. The van der Waals surface area contributed by atoms with Crippen LogP contribution in [0.5, 0.6) is 0 Å². The molecule has 0 spiro atoms. The highest BCUT2D eigenvalue weighted by molar-refractivity contribution is 7.91. The van der Waals surface area contributed by atoms with Crippen LogP contribution in [0.2, 0.25) is 0 Å². The van der Waals surface area contributed by atoms with Crippen LogP contribution >= 0.6 is 0 Å². The molecular weight excluding hydrogens is 262 g/mol. The Kier molecular flexibility index (Phi) is 4.62. The maximum atomic E-state index is 11.8. The lowest BCUT2D eigenvalue weighted by Crippen LogP contribution is -2.21. The van der Waals surface area contributed by atoms with Gasteiger partial charge in [0.15, 0.2) is 9.84 Å². The van der Waals surface area contributed by atoms with Crippen LogP contribution in [0, 0.1) is 6.92 Å². The number of hydrogen-bond acceptors (Lipinski definition) is 4. The fraction of sp³-hybridized carbons (Fsp3) is 0.769. The molecular formula is C13H23N3O2S. The molecule has 0 amide bonds. The zero-order chi connectivity index (χ0) is 13.9. The van der Waals surface area contributed by atoms with E-state index < -0.39 is 9.84 Å². The van der Waals surface area contributed by atoms with Crippen molar-refractivity contribution in [2.24, 2.45) is 0 Å². The molecule has 1 heterocycles. The summed E-state index contributed by atoms with van der Waals surface area (Å²) in [4.78, 5) is 4.29. The Morgan fingerprint density at radius 3 is 2.79 bits per heavy atom. The van der Waals surface area contributed by atoms with Crippen LogP contribution in [0.4, 0.5) is 0 Å². The van der Waals surface area contributed by atoms with Crippen LogP contribution in [0.3, 0.4) is 0 Å². The van der Waals surface area contributed by atoms with E-state index in [1.807, 2.05) is 24.6 Å². The zero-order valence-corrected chi connectivity index (χ0v) is 12.5. The molecule has 0 aromatic carbocycles. The molecule has 1 fully saturated rings. The van der Waals surface area contributed by atoms with E-state index in [0.717, 1.165) is 18.1 Å². The Bertz CT molecular complexity index is 518. The van der Waals surface area contributed by atoms with Crippen molar-refractivity contribution >= 4 is 9.84 Å². The Labute approximate surface area is 115 Å². The van der Waals surface area contributed by atoms with E-state index in [4.69, 9.17) is 0 Å². The third-order valence-electron chi connectivity index (χ3n) is 3.43. The minimum atomic E-state index is -2.93. The predicted molar refractivity (Wildman–Crippen MR) is 75.8 cm³/mol. The van der Waals surface area contributed by atoms with Crippen LogP contribution in [-0.4, -0.2) is 35.5 Å². The van der Waals surface area contributed by atoms with Gasteiger partial charge in [0.1, 0.15) is 5.82 Å². The molecule has 6 heteroatoms. The summed E-state index contributed by atoms with van der Waals surface area (Å²) in [6, 6.07) is 0.646. The van der Waals surface area contributed by atoms with Crippen molar-refractivity contribution in [3.8, 4) is 0 Å². The third-order valence-corrected chi connectivity index (χ3v) is 5.26. The van der Waals surface area contributed by atoms with Crippen LogP contribution in [0.25, 0.3) is 0 Å². The molecule has 1 saturated carbocycles. The van der Waals surface area contributed by atoms with Crippen molar-refractivity contribution in [1.29, 1.82) is 0 Å². The SMILES string of the molecule is CCCS(=O)(=O)CCn1c(CNC2CC2)cnc1C. The zero-order valence-electron chi connectivity index (χ0n) is 11.7. The molecule has 0 saturated heterocycles. The highest BCUT2D eigenvalue weighted by Gasteiger charge is 2.21. The third kappa shape index (κ3) is 4.31. The Hall–Kier alpha value is -0.880. The first-order chi connectivity index (χ1) is 9.02. The van der Waals surface area contributed by atoms with Crippen molar-refractivity contribution in [2.45, 2.75) is 52.2 Å². The van der Waals surface area contributed by atoms with Gasteiger partial charge >= 0.3 is 0 Å². The molecule has 1 N–H and O–H groups in total. The van der Waals surface area contributed by atoms with E-state index in [0.29, 0.717) is 19.0 Å². The highest BCUT2D eigenvalue weighted by atomic mass is 32.2. The smallest absolute Gasteiger partial charge is 0.152 e. The molecule has 108 valence electrons. The summed E-state index contributed by atoms with van der Waals surface area (Å²) in [5.74, 6) is 1.37. The largest absolute Gasteiger partial charge is 0.330 e. The van der Waals surface area contributed by atoms with Crippen molar-refractivity contribution in [1.82, 2.24) is 14.9 Å². The van der Waals surface area contributed by atoms with Gasteiger partial charge in [0.2, 0.25) is 0 Å². The fourth-order valence-electron chi connectivity index (χ4n) is 2.14. The van der Waals surface area contributed by atoms with Crippen molar-refractivity contribution in [2.75, 3.05) is 11.5 Å². The molecule has 1 aliphatic carbocycles. The lowest BCUT2D eigenvalue weighted by Gasteiger charge is -2.11. The van der Waals surface area contributed by atoms with E-state index in [9.17, 15) is 8.42 Å². The molecule has 0 bridgehead atoms. The summed E-state index contributed by atoms with van der Waals surface area (Å²) in [6.45, 7) is 5.10. The average molecular weight is 285 g/mol. The standard InChI is InChI=1S/C13H23N3O2S/c1-3-7-19(17,18)8-6-16-11(2)14-9-13(16)10-15-12-4-5-12/h9,12,15H,3-8,10H2,1-2H3. The van der Waals surface area contributed by atoms with Crippen molar-refractivity contribution in [3.05, 3.63) is 17.7 Å². The van der Waals surface area contributed by atoms with E-state index in [1.54, 1.807) is 0 Å². The fourth-order valence-corrected chi connectivity index (χ4v) is 3.43. The van der Waals surface area contributed by atoms with E-state index in [1.165, 1.54) is 12.8 Å². The number of hydrogen-bond donors (Lipinski definition) is 1. The number of aryl methyl sites for hydroxylation is 1. The van der Waals surface area contributed by atoms with Crippen molar-refractivity contribution < 1.29 is 8.42 Å². The molecule has 1 aliphatic rings. The van der Waals surface area contributed by atoms with E-state index >= 15 is 0 Å². The first-order valence-electron chi connectivity index (χ1n) is 6.96. The van der Waals surface area contributed by atoms with Crippen LogP contribution in [0.15, 0.2) is 6.20 Å². The Balaban J connectivity index is 1.96. The first-order valence-corrected chi connectivity index (χ1v) is 8.79. The summed E-state index contributed by atoms with van der Waals surface area (Å²) < 4.78 is 25.6. The Morgan fingerprint density at radius 2 is 2.16 bits per heavy atom. The molecule has 0 aliphatic heterocycles. The van der Waals surface area contributed by atoms with E-state index in [2.05, 4.69) is 10.3 Å². The van der Waals surface area contributed by atoms with Gasteiger partial charge in [-0.1, -0.05) is 6.92 Å². The van der Waals surface area contributed by atoms with Gasteiger partial charge < -0.3 is 9.88 Å². The molecule has 19 heavy (non-hydrogen) atoms. The molecule has 0 unspecified atom stereocenters. The predicted octanol–water partition coefficient (Wildman–Crippen LogP) is 1.27. The van der Waals surface area contributed by atoms with Crippen LogP contribution in [-0.2, 0) is 22.9 Å². The van der Waals surface area contributed by atoms with Gasteiger partial charge in [0.25, 0.3) is 0 Å². The molecule has 2 rings (SSSR count). The molecule has 1 aromatic heterocycles. The molecule has 0 radical (unpaired) electrons. The minimum absolute atomic E-state index is 0.203. The van der Waals surface area contributed by atoms with Gasteiger partial charge in [0.05, 0.1) is 11.4 Å². The number of aromatic nitrogens is 2. The number of imidazole rings is 1. The second kappa shape index (κ2) is 6.05.